The summed E-state index contributed by atoms with van der Waals surface area (Å²) in [5, 5.41) is 3.58. The van der Waals surface area contributed by atoms with E-state index < -0.39 is 0 Å². The Morgan fingerprint density at radius 2 is 2.26 bits per heavy atom. The summed E-state index contributed by atoms with van der Waals surface area (Å²) in [5.74, 6) is 0.855. The molecule has 0 amide bonds. The summed E-state index contributed by atoms with van der Waals surface area (Å²) >= 11 is 7.86. The Balaban J connectivity index is 1.83. The summed E-state index contributed by atoms with van der Waals surface area (Å²) in [7, 11) is 0. The molecule has 0 aliphatic carbocycles. The van der Waals surface area contributed by atoms with Gasteiger partial charge in [0.05, 0.1) is 6.54 Å². The predicted molar refractivity (Wildman–Crippen MR) is 80.8 cm³/mol. The normalized spacial score (nSPS) is 21.7. The lowest BCUT2D eigenvalue weighted by Crippen LogP contribution is -2.32. The maximum Gasteiger partial charge on any atom is 0.145 e. The van der Waals surface area contributed by atoms with E-state index in [2.05, 4.69) is 21.8 Å². The first-order chi connectivity index (χ1) is 9.24. The van der Waals surface area contributed by atoms with E-state index in [9.17, 15) is 0 Å². The van der Waals surface area contributed by atoms with Gasteiger partial charge in [0.2, 0.25) is 0 Å². The molecule has 0 saturated carbocycles. The van der Waals surface area contributed by atoms with Gasteiger partial charge >= 0.3 is 0 Å². The molecule has 0 radical (unpaired) electrons. The summed E-state index contributed by atoms with van der Waals surface area (Å²) in [6.07, 6.45) is 5.23. The topological polar surface area (TPSA) is 29.0 Å². The molecule has 0 bridgehead atoms. The van der Waals surface area contributed by atoms with E-state index in [4.69, 9.17) is 11.6 Å². The molecule has 3 rings (SSSR count). The average Bonchev–Trinajstić information content (AvgIpc) is 2.77. The van der Waals surface area contributed by atoms with Gasteiger partial charge < -0.3 is 0 Å². The summed E-state index contributed by atoms with van der Waals surface area (Å²) in [6, 6.07) is 2.60. The summed E-state index contributed by atoms with van der Waals surface area (Å²) in [5.41, 5.74) is 0. The lowest BCUT2D eigenvalue weighted by molar-refractivity contribution is 0.200. The molecule has 1 saturated heterocycles. The van der Waals surface area contributed by atoms with E-state index in [-0.39, 0.29) is 0 Å². The number of thiophene rings is 1. The van der Waals surface area contributed by atoms with Gasteiger partial charge in [0.1, 0.15) is 15.8 Å². The SMILES string of the molecule is CC1CCCCCN1Cc1nc(Cl)c2ccsc2n1. The van der Waals surface area contributed by atoms with Crippen molar-refractivity contribution in [2.45, 2.75) is 45.2 Å². The number of hydrogen-bond donors (Lipinski definition) is 0. The Hall–Kier alpha value is -0.710. The van der Waals surface area contributed by atoms with Gasteiger partial charge in [-0.2, -0.15) is 0 Å². The van der Waals surface area contributed by atoms with Crippen LogP contribution >= 0.6 is 22.9 Å². The van der Waals surface area contributed by atoms with Gasteiger partial charge in [0, 0.05) is 11.4 Å². The summed E-state index contributed by atoms with van der Waals surface area (Å²) < 4.78 is 0. The first-order valence-electron chi connectivity index (χ1n) is 6.88. The van der Waals surface area contributed by atoms with Crippen LogP contribution in [-0.2, 0) is 6.54 Å². The largest absolute Gasteiger partial charge is 0.293 e. The fourth-order valence-corrected chi connectivity index (χ4v) is 3.77. The Bertz CT molecular complexity index is 569. The van der Waals surface area contributed by atoms with Crippen molar-refractivity contribution >= 4 is 33.2 Å². The molecule has 1 aliphatic heterocycles. The second kappa shape index (κ2) is 5.73. The van der Waals surface area contributed by atoms with E-state index in [0.717, 1.165) is 29.1 Å². The molecular weight excluding hydrogens is 278 g/mol. The van der Waals surface area contributed by atoms with Crippen LogP contribution in [0.4, 0.5) is 0 Å². The molecule has 5 heteroatoms. The number of hydrogen-bond acceptors (Lipinski definition) is 4. The van der Waals surface area contributed by atoms with Gasteiger partial charge in [-0.1, -0.05) is 24.4 Å². The van der Waals surface area contributed by atoms with Crippen LogP contribution in [-0.4, -0.2) is 27.5 Å². The molecule has 2 aromatic rings. The molecule has 1 fully saturated rings. The van der Waals surface area contributed by atoms with Crippen LogP contribution in [0.5, 0.6) is 0 Å². The summed E-state index contributed by atoms with van der Waals surface area (Å²) in [4.78, 5) is 12.6. The van der Waals surface area contributed by atoms with Gasteiger partial charge in [0.15, 0.2) is 0 Å². The molecular formula is C14H18ClN3S. The minimum Gasteiger partial charge on any atom is -0.293 e. The first kappa shape index (κ1) is 13.3. The molecule has 19 heavy (non-hydrogen) atoms. The molecule has 1 atom stereocenters. The van der Waals surface area contributed by atoms with Crippen molar-refractivity contribution < 1.29 is 0 Å². The van der Waals surface area contributed by atoms with Crippen LogP contribution < -0.4 is 0 Å². The van der Waals surface area contributed by atoms with Gasteiger partial charge in [-0.25, -0.2) is 9.97 Å². The molecule has 0 aromatic carbocycles. The van der Waals surface area contributed by atoms with Gasteiger partial charge in [-0.05, 0) is 37.8 Å². The van der Waals surface area contributed by atoms with Gasteiger partial charge in [-0.3, -0.25) is 4.90 Å². The third kappa shape index (κ3) is 2.91. The lowest BCUT2D eigenvalue weighted by Gasteiger charge is -2.25. The van der Waals surface area contributed by atoms with Crippen molar-refractivity contribution in [3.8, 4) is 0 Å². The van der Waals surface area contributed by atoms with Crippen molar-refractivity contribution in [1.29, 1.82) is 0 Å². The Labute approximate surface area is 122 Å². The monoisotopic (exact) mass is 295 g/mol. The highest BCUT2D eigenvalue weighted by atomic mass is 35.5. The zero-order valence-electron chi connectivity index (χ0n) is 11.1. The fourth-order valence-electron chi connectivity index (χ4n) is 2.68. The number of nitrogens with zero attached hydrogens (tertiary/aromatic N) is 3. The molecule has 3 heterocycles. The van der Waals surface area contributed by atoms with E-state index in [1.807, 2.05) is 11.4 Å². The van der Waals surface area contributed by atoms with Crippen molar-refractivity contribution in [3.63, 3.8) is 0 Å². The highest BCUT2D eigenvalue weighted by Crippen LogP contribution is 2.26. The molecule has 3 nitrogen and oxygen atoms in total. The predicted octanol–water partition coefficient (Wildman–Crippen LogP) is 4.11. The molecule has 1 aliphatic rings. The van der Waals surface area contributed by atoms with Crippen LogP contribution in [0, 0.1) is 0 Å². The minimum atomic E-state index is 0.587. The van der Waals surface area contributed by atoms with Crippen molar-refractivity contribution in [3.05, 3.63) is 22.4 Å². The van der Waals surface area contributed by atoms with E-state index >= 15 is 0 Å². The van der Waals surface area contributed by atoms with E-state index in [0.29, 0.717) is 11.2 Å². The van der Waals surface area contributed by atoms with Gasteiger partial charge in [-0.15, -0.1) is 11.3 Å². The smallest absolute Gasteiger partial charge is 0.145 e. The lowest BCUT2D eigenvalue weighted by atomic mass is 10.1. The summed E-state index contributed by atoms with van der Waals surface area (Å²) in [6.45, 7) is 4.26. The highest BCUT2D eigenvalue weighted by Gasteiger charge is 2.18. The van der Waals surface area contributed by atoms with Gasteiger partial charge in [0.25, 0.3) is 0 Å². The average molecular weight is 296 g/mol. The first-order valence-corrected chi connectivity index (χ1v) is 8.13. The van der Waals surface area contributed by atoms with Crippen LogP contribution in [0.2, 0.25) is 5.15 Å². The quantitative estimate of drug-likeness (QED) is 0.781. The number of likely N-dealkylation sites (tertiary alicyclic amines) is 1. The third-order valence-corrected chi connectivity index (χ3v) is 4.95. The number of fused-ring (bicyclic) bond motifs is 1. The van der Waals surface area contributed by atoms with Crippen LogP contribution in [0.15, 0.2) is 11.4 Å². The second-order valence-electron chi connectivity index (χ2n) is 5.24. The Kier molecular flexibility index (Phi) is 4.01. The number of rotatable bonds is 2. The van der Waals surface area contributed by atoms with Crippen LogP contribution in [0.1, 0.15) is 38.4 Å². The third-order valence-electron chi connectivity index (χ3n) is 3.86. The van der Waals surface area contributed by atoms with Crippen molar-refractivity contribution in [1.82, 2.24) is 14.9 Å². The molecule has 102 valence electrons. The zero-order chi connectivity index (χ0) is 13.2. The molecule has 0 spiro atoms. The molecule has 1 unspecified atom stereocenters. The maximum atomic E-state index is 6.23. The minimum absolute atomic E-state index is 0.587. The van der Waals surface area contributed by atoms with Crippen molar-refractivity contribution in [2.75, 3.05) is 6.54 Å². The van der Waals surface area contributed by atoms with Crippen LogP contribution in [0.25, 0.3) is 10.2 Å². The number of halogens is 1. The molecule has 2 aromatic heterocycles. The maximum absolute atomic E-state index is 6.23. The van der Waals surface area contributed by atoms with Crippen LogP contribution in [0.3, 0.4) is 0 Å². The zero-order valence-corrected chi connectivity index (χ0v) is 12.7. The highest BCUT2D eigenvalue weighted by molar-refractivity contribution is 7.16. The molecule has 0 N–H and O–H groups in total. The standard InChI is InChI=1S/C14H18ClN3S/c1-10-5-3-2-4-7-18(10)9-12-16-13(15)11-6-8-19-14(11)17-12/h6,8,10H,2-5,7,9H2,1H3. The Morgan fingerprint density at radius 3 is 3.16 bits per heavy atom. The second-order valence-corrected chi connectivity index (χ2v) is 6.49. The Morgan fingerprint density at radius 1 is 1.37 bits per heavy atom. The number of aromatic nitrogens is 2. The van der Waals surface area contributed by atoms with E-state index in [1.165, 1.54) is 25.7 Å². The fraction of sp³-hybridized carbons (Fsp3) is 0.571. The van der Waals surface area contributed by atoms with Crippen molar-refractivity contribution in [2.24, 2.45) is 0 Å². The van der Waals surface area contributed by atoms with E-state index in [1.54, 1.807) is 11.3 Å².